The summed E-state index contributed by atoms with van der Waals surface area (Å²) < 4.78 is 620. The van der Waals surface area contributed by atoms with Crippen molar-refractivity contribution in [2.45, 2.75) is 0 Å². The number of benzene rings is 20. The highest BCUT2D eigenvalue weighted by Crippen LogP contribution is 2.47. The first-order valence-corrected chi connectivity index (χ1v) is 37.0. The van der Waals surface area contributed by atoms with Crippen molar-refractivity contribution in [2.24, 2.45) is 0 Å². The Labute approximate surface area is 819 Å². The summed E-state index contributed by atoms with van der Waals surface area (Å²) in [5.41, 5.74) is -21.3. The van der Waals surface area contributed by atoms with Gasteiger partial charge in [-0.1, -0.05) is 387 Å². The minimum Gasteiger partial charge on any atom is -0.310 e. The zero-order chi connectivity index (χ0) is 142. The molecule has 4 nitrogen and oxygen atoms in total. The molecule has 0 radical (unpaired) electrons. The minimum absolute atomic E-state index is 0.141. The van der Waals surface area contributed by atoms with E-state index in [9.17, 15) is 50.7 Å². The quantitative estimate of drug-likeness (QED) is 0.0851. The Kier molecular flexibility index (Phi) is 8.71. The van der Waals surface area contributed by atoms with Crippen molar-refractivity contribution >= 4 is 77.7 Å². The molecule has 0 saturated carbocycles. The zero-order valence-corrected chi connectivity index (χ0v) is 63.0. The number of fused-ring (bicyclic) bond motifs is 6. The van der Waals surface area contributed by atoms with Gasteiger partial charge >= 0.3 is 0 Å². The molecule has 0 saturated heterocycles. The summed E-state index contributed by atoms with van der Waals surface area (Å²) in [4.78, 5) is 0.604. The maximum atomic E-state index is 9.95. The molecule has 124 heavy (non-hydrogen) atoms. The molecule has 20 aromatic carbocycles. The van der Waals surface area contributed by atoms with Crippen LogP contribution in [0.2, 0.25) is 0 Å². The molecule has 0 aliphatic rings. The molecular formula is C120H84N4. The fourth-order valence-electron chi connectivity index (χ4n) is 13.4. The third kappa shape index (κ3) is 15.0. The molecule has 0 aliphatic heterocycles. The Morgan fingerprint density at radius 2 is 0.484 bits per heavy atom. The van der Waals surface area contributed by atoms with Gasteiger partial charge in [-0.25, -0.2) is 0 Å². The first kappa shape index (κ1) is 32.0. The van der Waals surface area contributed by atoms with Crippen LogP contribution in [0.15, 0.2) is 508 Å². The number of aromatic nitrogens is 2. The molecule has 0 aliphatic carbocycles. The first-order chi connectivity index (χ1) is 89.8. The van der Waals surface area contributed by atoms with E-state index in [-0.39, 0.29) is 16.0 Å². The molecule has 584 valence electrons. The highest BCUT2D eigenvalue weighted by molar-refractivity contribution is 6.12. The molecule has 0 unspecified atom stereocenters. The molecule has 2 aromatic heterocycles. The maximum absolute atomic E-state index is 9.95. The fraction of sp³-hybridized carbons (Fsp3) is 0. The van der Waals surface area contributed by atoms with E-state index in [4.69, 9.17) is 42.5 Å². The molecular weight excluding hydrogens is 1500 g/mol. The van der Waals surface area contributed by atoms with E-state index in [0.717, 1.165) is 27.7 Å². The molecule has 2 heterocycles. The molecule has 0 N–H and O–H groups in total. The Morgan fingerprint density at radius 1 is 0.169 bits per heavy atom. The average Bonchev–Trinajstić information content (AvgIpc) is 1.49. The Bertz CT molecular complexity index is 11700. The SMILES string of the molecule is [2H]c1c([2H])c([2H])c(-c2c([2H])c([2H])c(-c3c([2H])c([2H])c([2H])c([2H])c3N(c3c([2H])c([2H])c(-c4c([2H])c([2H])c([2H])c([2H])c4[2H])c([2H])c3[2H])c3c([2H])c([2H])c(-c4c([2H])c([2H])c5c(c4[2H])c4c([2H])c([2H])c([2H])c([2H])c4n5-c4c([2H])c([2H])c(-c5c([2H])c([2H])c([2H])c([2H])c5[2H])c([2H])c4[2H])c([2H])c3[2H])c([2H])c2[2H])c([2H])c1[2H].[2H]c1c([2H])c([2H])c(-c2c([2H])c([2H])c(-c3c([2H])c([2H])c([2H])c([2H])c3N(c3c([2H])c([2H])c(-c4ccc5c(c4)c4ccccc4n5-c4ccc(-c5ccccc5)cc4)c([2H])c3[2H])c3c([2H])c([2H])c(-c4c([2H])c([2H])c([2H])c([2H])c4[2H])c([2H])c3[2H])c([2H])c2[2H])c([2H])c1[2H]. The van der Waals surface area contributed by atoms with Gasteiger partial charge < -0.3 is 18.9 Å². The molecule has 0 bridgehead atoms. The van der Waals surface area contributed by atoms with Crippen LogP contribution in [-0.2, 0) is 0 Å². The summed E-state index contributed by atoms with van der Waals surface area (Å²) in [7, 11) is 0. The lowest BCUT2D eigenvalue weighted by Crippen LogP contribution is -2.11. The van der Waals surface area contributed by atoms with Crippen molar-refractivity contribution < 1.29 is 93.2 Å². The van der Waals surface area contributed by atoms with Crippen LogP contribution in [-0.4, -0.2) is 9.13 Å². The van der Waals surface area contributed by atoms with Crippen molar-refractivity contribution in [1.82, 2.24) is 9.13 Å². The van der Waals surface area contributed by atoms with E-state index in [1.165, 1.54) is 0 Å². The van der Waals surface area contributed by atoms with Gasteiger partial charge in [-0.3, -0.25) is 0 Å². The summed E-state index contributed by atoms with van der Waals surface area (Å²) in [6, 6.07) is -45.7. The van der Waals surface area contributed by atoms with Crippen LogP contribution in [0.5, 0.6) is 0 Å². The lowest BCUT2D eigenvalue weighted by molar-refractivity contribution is 1.18. The van der Waals surface area contributed by atoms with Crippen molar-refractivity contribution in [3.8, 4) is 123 Å². The minimum atomic E-state index is -1.51. The van der Waals surface area contributed by atoms with Crippen LogP contribution < -0.4 is 9.80 Å². The van der Waals surface area contributed by atoms with Gasteiger partial charge in [0.25, 0.3) is 0 Å². The first-order valence-electron chi connectivity index (χ1n) is 71.0. The van der Waals surface area contributed by atoms with Gasteiger partial charge in [-0.05, 0) is 221 Å². The molecule has 22 aromatic rings. The largest absolute Gasteiger partial charge is 0.310 e. The molecule has 22 rings (SSSR count). The van der Waals surface area contributed by atoms with Crippen LogP contribution in [0.3, 0.4) is 0 Å². The Hall–Kier alpha value is -16.4. The maximum Gasteiger partial charge on any atom is 0.0645 e. The second-order valence-corrected chi connectivity index (χ2v) is 26.3. The summed E-state index contributed by atoms with van der Waals surface area (Å²) >= 11 is 0. The fourth-order valence-corrected chi connectivity index (χ4v) is 13.4. The molecule has 0 atom stereocenters. The average molecular weight is 1650 g/mol. The van der Waals surface area contributed by atoms with E-state index < -0.39 is 562 Å². The van der Waals surface area contributed by atoms with Gasteiger partial charge in [0, 0.05) is 66.8 Å². The normalized spacial score (nSPS) is 18.9. The summed E-state index contributed by atoms with van der Waals surface area (Å²) in [6.07, 6.45) is 0. The van der Waals surface area contributed by atoms with Crippen LogP contribution in [0, 0.1) is 0 Å². The molecule has 0 amide bonds. The third-order valence-corrected chi connectivity index (χ3v) is 19.1. The van der Waals surface area contributed by atoms with Gasteiger partial charge in [0.05, 0.1) is 127 Å². The third-order valence-electron chi connectivity index (χ3n) is 19.1. The molecule has 0 spiro atoms. The van der Waals surface area contributed by atoms with Crippen LogP contribution >= 0.6 is 0 Å². The summed E-state index contributed by atoms with van der Waals surface area (Å²) in [6.45, 7) is 0. The monoisotopic (exact) mass is 1650 g/mol. The van der Waals surface area contributed by atoms with Gasteiger partial charge in [-0.15, -0.1) is 0 Å². The van der Waals surface area contributed by atoms with Crippen molar-refractivity contribution in [2.75, 3.05) is 9.80 Å². The Morgan fingerprint density at radius 3 is 0.944 bits per heavy atom. The summed E-state index contributed by atoms with van der Waals surface area (Å²) in [5, 5.41) is -0.247. The predicted octanol–water partition coefficient (Wildman–Crippen LogP) is 33.2. The highest BCUT2D eigenvalue weighted by atomic mass is 15.2. The number of anilines is 6. The van der Waals surface area contributed by atoms with Gasteiger partial charge in [0.1, 0.15) is 0 Å². The number of para-hydroxylation sites is 4. The number of hydrogen-bond acceptors (Lipinski definition) is 2. The lowest BCUT2D eigenvalue weighted by Gasteiger charge is -2.28. The highest BCUT2D eigenvalue weighted by Gasteiger charge is 2.23. The van der Waals surface area contributed by atoms with Gasteiger partial charge in [-0.2, -0.15) is 0 Å². The number of rotatable bonds is 18. The molecule has 0 fully saturated rings. The Balaban J connectivity index is 0.000000216. The smallest absolute Gasteiger partial charge is 0.0645 e. The number of hydrogen-bond donors (Lipinski definition) is 0. The van der Waals surface area contributed by atoms with E-state index in [1.54, 1.807) is 18.2 Å². The van der Waals surface area contributed by atoms with Gasteiger partial charge in [0.15, 0.2) is 0 Å². The number of nitrogens with zero attached hydrogens (tertiary/aromatic N) is 4. The van der Waals surface area contributed by atoms with E-state index >= 15 is 0 Å². The van der Waals surface area contributed by atoms with Crippen LogP contribution in [0.4, 0.5) is 34.1 Å². The van der Waals surface area contributed by atoms with Crippen molar-refractivity contribution in [1.29, 1.82) is 0 Å². The van der Waals surface area contributed by atoms with Crippen LogP contribution in [0.25, 0.3) is 166 Å². The predicted molar refractivity (Wildman–Crippen MR) is 525 cm³/mol. The lowest BCUT2D eigenvalue weighted by atomic mass is 9.98. The van der Waals surface area contributed by atoms with Crippen molar-refractivity contribution in [3.05, 3.63) is 508 Å². The zero-order valence-electron chi connectivity index (χ0n) is 131. The van der Waals surface area contributed by atoms with E-state index in [2.05, 4.69) is 0 Å². The second kappa shape index (κ2) is 33.8. The van der Waals surface area contributed by atoms with E-state index in [0.29, 0.717) is 20.4 Å². The summed E-state index contributed by atoms with van der Waals surface area (Å²) in [5.74, 6) is 0. The standard InChI is InChI=1S/2C60H42N2/c2*1-4-14-43(15-5-1)46-24-26-50(27-25-46)55-20-10-12-22-58(55)61(52-35-28-47(29-36-52)44-16-6-2-7-17-44)53-37-32-49(33-38-53)51-34-41-60-57(42-51)56-21-11-13-23-59(56)62(60)54-39-30-48(31-40-54)45-18-8-3-9-19-45/h2*1-42H/i1D,2D,3D,4D,5D,6D,7D,8D,9D,10D,11D,12D,13D,14D,15D,16D,17D,18D,19D,20D,21D,22D,23D,24D,25D,26D,27D,28D,29D,30D,31D,32D,33D,34D,35D,36D,37D,38D,39D,40D,41D,42D;1D,2D,4D,5D,6D,7D,10D,12D,14D,15D,16D,17D,20D,22D,24D,25D,26D,27D,28D,29D,32D,33D,35D,36D,37D,38D. The van der Waals surface area contributed by atoms with Crippen LogP contribution in [0.1, 0.15) is 93.2 Å². The molecule has 4 heteroatoms. The van der Waals surface area contributed by atoms with Gasteiger partial charge in [0.2, 0.25) is 0 Å². The topological polar surface area (TPSA) is 16.3 Å². The van der Waals surface area contributed by atoms with Crippen molar-refractivity contribution in [3.63, 3.8) is 0 Å². The van der Waals surface area contributed by atoms with E-state index in [1.807, 2.05) is 83.4 Å². The second-order valence-electron chi connectivity index (χ2n) is 26.3.